The molecule has 0 unspecified atom stereocenters. The topological polar surface area (TPSA) is 67.5 Å². The van der Waals surface area contributed by atoms with Gasteiger partial charge < -0.3 is 14.9 Å². The molecule has 0 aliphatic heterocycles. The van der Waals surface area contributed by atoms with E-state index in [9.17, 15) is 10.2 Å². The highest BCUT2D eigenvalue weighted by molar-refractivity contribution is 5.95. The molecule has 26 heavy (non-hydrogen) atoms. The van der Waals surface area contributed by atoms with E-state index in [1.807, 2.05) is 30.3 Å². The van der Waals surface area contributed by atoms with Gasteiger partial charge in [0.25, 0.3) is 0 Å². The predicted octanol–water partition coefficient (Wildman–Crippen LogP) is 4.19. The average Bonchev–Trinajstić information content (AvgIpc) is 3.00. The summed E-state index contributed by atoms with van der Waals surface area (Å²) in [6.45, 7) is 0.654. The summed E-state index contributed by atoms with van der Waals surface area (Å²) in [7, 11) is 0. The first-order chi connectivity index (χ1) is 12.7. The summed E-state index contributed by atoms with van der Waals surface area (Å²) in [6, 6.07) is 21.1. The Morgan fingerprint density at radius 2 is 1.62 bits per heavy atom. The quantitative estimate of drug-likeness (QED) is 0.568. The minimum Gasteiger partial charge on any atom is -0.494 e. The maximum absolute atomic E-state index is 9.61. The number of benzene rings is 2. The molecule has 5 heteroatoms. The molecule has 2 aromatic heterocycles. The van der Waals surface area contributed by atoms with Crippen LogP contribution in [0.3, 0.4) is 0 Å². The molecule has 4 aromatic rings. The van der Waals surface area contributed by atoms with Crippen LogP contribution in [0.15, 0.2) is 72.9 Å². The van der Waals surface area contributed by atoms with Crippen molar-refractivity contribution in [1.82, 2.24) is 9.55 Å². The van der Waals surface area contributed by atoms with Crippen molar-refractivity contribution >= 4 is 10.8 Å². The van der Waals surface area contributed by atoms with Crippen LogP contribution in [0.1, 0.15) is 0 Å². The fourth-order valence-corrected chi connectivity index (χ4v) is 3.00. The van der Waals surface area contributed by atoms with E-state index in [-0.39, 0.29) is 11.8 Å². The van der Waals surface area contributed by atoms with Crippen LogP contribution in [-0.2, 0) is 6.54 Å². The highest BCUT2D eigenvalue weighted by Gasteiger charge is 2.07. The fourth-order valence-electron chi connectivity index (χ4n) is 3.00. The maximum Gasteiger partial charge on any atom is 0.193 e. The normalized spacial score (nSPS) is 10.9. The summed E-state index contributed by atoms with van der Waals surface area (Å²) in [6.07, 6.45) is 1.69. The molecule has 0 fully saturated rings. The number of rotatable bonds is 5. The van der Waals surface area contributed by atoms with Crippen molar-refractivity contribution in [2.75, 3.05) is 6.61 Å². The third-order valence-corrected chi connectivity index (χ3v) is 4.32. The Morgan fingerprint density at radius 1 is 0.846 bits per heavy atom. The number of nitrogens with zero attached hydrogens (tertiary/aromatic N) is 2. The number of aromatic hydroxyl groups is 2. The van der Waals surface area contributed by atoms with Crippen LogP contribution in [0, 0.1) is 0 Å². The Morgan fingerprint density at radius 3 is 2.38 bits per heavy atom. The van der Waals surface area contributed by atoms with Crippen LogP contribution < -0.4 is 4.74 Å². The first kappa shape index (κ1) is 16.0. The van der Waals surface area contributed by atoms with E-state index in [0.29, 0.717) is 18.9 Å². The zero-order chi connectivity index (χ0) is 17.9. The van der Waals surface area contributed by atoms with Gasteiger partial charge >= 0.3 is 0 Å². The monoisotopic (exact) mass is 346 g/mol. The molecule has 0 radical (unpaired) electrons. The predicted molar refractivity (Wildman–Crippen MR) is 100 cm³/mol. The van der Waals surface area contributed by atoms with Gasteiger partial charge in [-0.25, -0.2) is 0 Å². The smallest absolute Gasteiger partial charge is 0.193 e. The minimum absolute atomic E-state index is 0.00975. The number of aromatic nitrogens is 2. The van der Waals surface area contributed by atoms with Crippen molar-refractivity contribution in [2.24, 2.45) is 0 Å². The molecule has 0 saturated carbocycles. The summed E-state index contributed by atoms with van der Waals surface area (Å²) in [5.41, 5.74) is 1.96. The van der Waals surface area contributed by atoms with E-state index in [2.05, 4.69) is 29.2 Å². The van der Waals surface area contributed by atoms with Crippen LogP contribution in [0.4, 0.5) is 0 Å². The number of hydrogen-bond acceptors (Lipinski definition) is 4. The van der Waals surface area contributed by atoms with Crippen molar-refractivity contribution in [3.05, 3.63) is 72.9 Å². The lowest BCUT2D eigenvalue weighted by atomic mass is 10.0. The second kappa shape index (κ2) is 6.80. The van der Waals surface area contributed by atoms with Gasteiger partial charge in [0.1, 0.15) is 12.4 Å². The standard InChI is InChI=1S/C21H18N2O3/c24-20-10-11-21(25)23(20)12-13-26-16-8-9-19(22-14-16)18-7-3-5-15-4-1-2-6-17(15)18/h1-11,14,24-25H,12-13H2. The van der Waals surface area contributed by atoms with E-state index >= 15 is 0 Å². The molecule has 130 valence electrons. The molecule has 0 spiro atoms. The number of hydrogen-bond donors (Lipinski definition) is 2. The summed E-state index contributed by atoms with van der Waals surface area (Å²) in [5, 5.41) is 21.6. The van der Waals surface area contributed by atoms with Gasteiger partial charge in [-0.1, -0.05) is 42.5 Å². The highest BCUT2D eigenvalue weighted by atomic mass is 16.5. The highest BCUT2D eigenvalue weighted by Crippen LogP contribution is 2.28. The van der Waals surface area contributed by atoms with Crippen molar-refractivity contribution in [3.8, 4) is 28.8 Å². The second-order valence-electron chi connectivity index (χ2n) is 5.96. The number of ether oxygens (including phenoxy) is 1. The molecule has 0 aliphatic rings. The van der Waals surface area contributed by atoms with Crippen LogP contribution in [-0.4, -0.2) is 26.4 Å². The first-order valence-corrected chi connectivity index (χ1v) is 8.37. The molecule has 5 nitrogen and oxygen atoms in total. The Bertz CT molecular complexity index is 1010. The van der Waals surface area contributed by atoms with Crippen molar-refractivity contribution in [1.29, 1.82) is 0 Å². The molecular weight excluding hydrogens is 328 g/mol. The molecule has 0 aliphatic carbocycles. The molecule has 0 saturated heterocycles. The number of pyridine rings is 1. The summed E-state index contributed by atoms with van der Waals surface area (Å²) in [5.74, 6) is 0.658. The van der Waals surface area contributed by atoms with Gasteiger partial charge in [-0.3, -0.25) is 9.55 Å². The Hall–Kier alpha value is -3.47. The van der Waals surface area contributed by atoms with E-state index in [1.54, 1.807) is 6.20 Å². The Balaban J connectivity index is 1.48. The van der Waals surface area contributed by atoms with Gasteiger partial charge in [0.15, 0.2) is 11.8 Å². The summed E-state index contributed by atoms with van der Waals surface area (Å²) < 4.78 is 7.04. The third kappa shape index (κ3) is 3.07. The largest absolute Gasteiger partial charge is 0.494 e. The van der Waals surface area contributed by atoms with E-state index in [4.69, 9.17) is 4.74 Å². The molecule has 0 amide bonds. The van der Waals surface area contributed by atoms with Gasteiger partial charge in [-0.05, 0) is 22.9 Å². The van der Waals surface area contributed by atoms with Gasteiger partial charge in [0.2, 0.25) is 0 Å². The van der Waals surface area contributed by atoms with E-state index in [0.717, 1.165) is 16.6 Å². The molecule has 0 bridgehead atoms. The average molecular weight is 346 g/mol. The first-order valence-electron chi connectivity index (χ1n) is 8.37. The molecule has 2 N–H and O–H groups in total. The lowest BCUT2D eigenvalue weighted by Gasteiger charge is -2.10. The minimum atomic E-state index is 0.00975. The van der Waals surface area contributed by atoms with Crippen LogP contribution in [0.25, 0.3) is 22.0 Å². The van der Waals surface area contributed by atoms with Crippen molar-refractivity contribution < 1.29 is 14.9 Å². The zero-order valence-electron chi connectivity index (χ0n) is 14.0. The second-order valence-corrected chi connectivity index (χ2v) is 5.96. The van der Waals surface area contributed by atoms with Crippen molar-refractivity contribution in [3.63, 3.8) is 0 Å². The SMILES string of the molecule is Oc1ccc(O)n1CCOc1ccc(-c2cccc3ccccc23)nc1. The lowest BCUT2D eigenvalue weighted by molar-refractivity contribution is 0.274. The Kier molecular flexibility index (Phi) is 4.19. The zero-order valence-corrected chi connectivity index (χ0v) is 14.0. The van der Waals surface area contributed by atoms with Crippen LogP contribution in [0.2, 0.25) is 0 Å². The van der Waals surface area contributed by atoms with E-state index < -0.39 is 0 Å². The van der Waals surface area contributed by atoms with Gasteiger partial charge in [-0.2, -0.15) is 0 Å². The molecule has 4 rings (SSSR count). The van der Waals surface area contributed by atoms with Gasteiger partial charge in [0, 0.05) is 17.7 Å². The molecule has 0 atom stereocenters. The summed E-state index contributed by atoms with van der Waals surface area (Å²) in [4.78, 5) is 4.52. The summed E-state index contributed by atoms with van der Waals surface area (Å²) >= 11 is 0. The van der Waals surface area contributed by atoms with E-state index in [1.165, 1.54) is 22.1 Å². The lowest BCUT2D eigenvalue weighted by Crippen LogP contribution is -2.07. The van der Waals surface area contributed by atoms with Gasteiger partial charge in [-0.15, -0.1) is 0 Å². The molecule has 2 heterocycles. The molecular formula is C21H18N2O3. The van der Waals surface area contributed by atoms with Gasteiger partial charge in [0.05, 0.1) is 18.4 Å². The number of fused-ring (bicyclic) bond motifs is 1. The Labute approximate surface area is 150 Å². The maximum atomic E-state index is 9.61. The fraction of sp³-hybridized carbons (Fsp3) is 0.0952. The van der Waals surface area contributed by atoms with Crippen LogP contribution in [0.5, 0.6) is 17.5 Å². The third-order valence-electron chi connectivity index (χ3n) is 4.32. The van der Waals surface area contributed by atoms with Crippen molar-refractivity contribution in [2.45, 2.75) is 6.54 Å². The van der Waals surface area contributed by atoms with Crippen LogP contribution >= 0.6 is 0 Å². The molecule has 2 aromatic carbocycles.